The first-order chi connectivity index (χ1) is 17.1. The van der Waals surface area contributed by atoms with Crippen LogP contribution in [0.2, 0.25) is 0 Å². The predicted octanol–water partition coefficient (Wildman–Crippen LogP) is 6.94. The summed E-state index contributed by atoms with van der Waals surface area (Å²) in [7, 11) is 0. The van der Waals surface area contributed by atoms with Gasteiger partial charge < -0.3 is 4.57 Å². The number of nitriles is 1. The highest BCUT2D eigenvalue weighted by atomic mass is 19.1. The lowest BCUT2D eigenvalue weighted by atomic mass is 9.95. The summed E-state index contributed by atoms with van der Waals surface area (Å²) < 4.78 is 19.0. The van der Waals surface area contributed by atoms with E-state index in [0.29, 0.717) is 5.92 Å². The number of benzene rings is 2. The van der Waals surface area contributed by atoms with Crippen molar-refractivity contribution in [2.75, 3.05) is 0 Å². The van der Waals surface area contributed by atoms with E-state index in [1.54, 1.807) is 6.07 Å². The molecule has 0 N–H and O–H groups in total. The van der Waals surface area contributed by atoms with Gasteiger partial charge in [-0.25, -0.2) is 4.39 Å². The second kappa shape index (κ2) is 8.66. The number of halogens is 1. The van der Waals surface area contributed by atoms with Gasteiger partial charge in [-0.15, -0.1) is 0 Å². The quantitative estimate of drug-likeness (QED) is 0.284. The smallest absolute Gasteiger partial charge is 0.141 e. The van der Waals surface area contributed by atoms with E-state index in [-0.39, 0.29) is 5.56 Å². The lowest BCUT2D eigenvalue weighted by molar-refractivity contribution is 0.466. The van der Waals surface area contributed by atoms with Crippen LogP contribution in [-0.4, -0.2) is 19.3 Å². The van der Waals surface area contributed by atoms with Crippen molar-refractivity contribution in [1.82, 2.24) is 19.3 Å². The van der Waals surface area contributed by atoms with Crippen molar-refractivity contribution in [2.45, 2.75) is 45.7 Å². The summed E-state index contributed by atoms with van der Waals surface area (Å²) in [5.74, 6) is 0.177. The molecule has 0 atom stereocenters. The van der Waals surface area contributed by atoms with Gasteiger partial charge in [-0.1, -0.05) is 25.0 Å². The van der Waals surface area contributed by atoms with Crippen molar-refractivity contribution in [3.63, 3.8) is 0 Å². The topological polar surface area (TPSA) is 59.4 Å². The second-order valence-corrected chi connectivity index (χ2v) is 9.46. The van der Waals surface area contributed by atoms with Crippen LogP contribution in [0, 0.1) is 23.1 Å². The maximum absolute atomic E-state index is 14.7. The number of aromatic nitrogens is 4. The van der Waals surface area contributed by atoms with Gasteiger partial charge in [-0.2, -0.15) is 10.4 Å². The Bertz CT molecular complexity index is 1600. The van der Waals surface area contributed by atoms with Gasteiger partial charge in [0.2, 0.25) is 0 Å². The summed E-state index contributed by atoms with van der Waals surface area (Å²) in [5.41, 5.74) is 5.40. The zero-order valence-corrected chi connectivity index (χ0v) is 19.7. The summed E-state index contributed by atoms with van der Waals surface area (Å²) in [6, 6.07) is 15.0. The van der Waals surface area contributed by atoms with Crippen LogP contribution in [0.3, 0.4) is 0 Å². The minimum Gasteiger partial charge on any atom is -0.346 e. The van der Waals surface area contributed by atoms with E-state index < -0.39 is 5.82 Å². The molecular weight excluding hydrogens is 437 g/mol. The van der Waals surface area contributed by atoms with Crippen molar-refractivity contribution in [1.29, 1.82) is 5.26 Å². The number of fused-ring (bicyclic) bond motifs is 2. The largest absolute Gasteiger partial charge is 0.346 e. The molecule has 0 unspecified atom stereocenters. The van der Waals surface area contributed by atoms with Crippen LogP contribution in [0.25, 0.3) is 44.2 Å². The minimum atomic E-state index is -0.516. The monoisotopic (exact) mass is 463 g/mol. The maximum Gasteiger partial charge on any atom is 0.141 e. The maximum atomic E-state index is 14.7. The molecule has 3 aromatic heterocycles. The normalized spacial score (nSPS) is 14.2. The van der Waals surface area contributed by atoms with E-state index in [0.717, 1.165) is 57.3 Å². The fraction of sp³-hybridized carbons (Fsp3) is 0.276. The molecule has 3 heterocycles. The van der Waals surface area contributed by atoms with Gasteiger partial charge in [0.25, 0.3) is 0 Å². The van der Waals surface area contributed by atoms with E-state index >= 15 is 0 Å². The van der Waals surface area contributed by atoms with Crippen molar-refractivity contribution >= 4 is 21.8 Å². The van der Waals surface area contributed by atoms with Crippen LogP contribution in [0.5, 0.6) is 0 Å². The number of nitrogens with zero attached hydrogens (tertiary/aromatic N) is 5. The highest BCUT2D eigenvalue weighted by molar-refractivity contribution is 6.02. The number of pyridine rings is 1. The molecule has 0 amide bonds. The van der Waals surface area contributed by atoms with Gasteiger partial charge in [-0.3, -0.25) is 9.67 Å². The third-order valence-electron chi connectivity index (χ3n) is 7.29. The Morgan fingerprint density at radius 1 is 1.09 bits per heavy atom. The Balaban J connectivity index is 1.55. The Kier molecular flexibility index (Phi) is 5.33. The molecule has 2 aromatic carbocycles. The van der Waals surface area contributed by atoms with E-state index in [1.807, 2.05) is 41.3 Å². The van der Waals surface area contributed by atoms with Crippen LogP contribution in [0.15, 0.2) is 61.1 Å². The van der Waals surface area contributed by atoms with Gasteiger partial charge in [-0.05, 0) is 61.6 Å². The van der Waals surface area contributed by atoms with Crippen LogP contribution >= 0.6 is 0 Å². The molecule has 0 saturated heterocycles. The Labute approximate surface area is 203 Å². The van der Waals surface area contributed by atoms with E-state index in [4.69, 9.17) is 4.98 Å². The van der Waals surface area contributed by atoms with Gasteiger partial charge >= 0.3 is 0 Å². The number of rotatable bonds is 5. The van der Waals surface area contributed by atoms with Crippen molar-refractivity contribution < 1.29 is 4.39 Å². The summed E-state index contributed by atoms with van der Waals surface area (Å²) in [4.78, 5) is 4.93. The first-order valence-corrected chi connectivity index (χ1v) is 12.3. The van der Waals surface area contributed by atoms with Crippen molar-refractivity contribution in [2.24, 2.45) is 5.92 Å². The molecule has 5 aromatic rings. The number of aryl methyl sites for hydroxylation is 1. The molecular formula is C29H26FN5. The fourth-order valence-electron chi connectivity index (χ4n) is 5.45. The molecule has 35 heavy (non-hydrogen) atoms. The zero-order valence-electron chi connectivity index (χ0n) is 19.7. The average molecular weight is 464 g/mol. The molecule has 0 spiro atoms. The fourth-order valence-corrected chi connectivity index (χ4v) is 5.45. The molecule has 1 aliphatic carbocycles. The van der Waals surface area contributed by atoms with Crippen LogP contribution in [0.1, 0.15) is 38.2 Å². The summed E-state index contributed by atoms with van der Waals surface area (Å²) in [5, 5.41) is 15.9. The molecule has 174 valence electrons. The first kappa shape index (κ1) is 21.5. The minimum absolute atomic E-state index is 0.0441. The summed E-state index contributed by atoms with van der Waals surface area (Å²) in [6.45, 7) is 3.85. The van der Waals surface area contributed by atoms with Crippen LogP contribution in [-0.2, 0) is 13.1 Å². The summed E-state index contributed by atoms with van der Waals surface area (Å²) in [6.07, 6.45) is 11.3. The Morgan fingerprint density at radius 3 is 2.69 bits per heavy atom. The molecule has 1 aliphatic rings. The highest BCUT2D eigenvalue weighted by Crippen LogP contribution is 2.39. The first-order valence-electron chi connectivity index (χ1n) is 12.3. The van der Waals surface area contributed by atoms with E-state index in [1.165, 1.54) is 31.7 Å². The van der Waals surface area contributed by atoms with Crippen molar-refractivity contribution in [3.8, 4) is 28.5 Å². The number of hydrogen-bond donors (Lipinski definition) is 0. The SMILES string of the molecule is CCn1cc2cc(-c3ncc4c(ccn4CC4CCCC4)c3-c3ccc(C#N)c(F)c3)ccc2n1. The zero-order chi connectivity index (χ0) is 23.9. The lowest BCUT2D eigenvalue weighted by Crippen LogP contribution is -2.06. The van der Waals surface area contributed by atoms with E-state index in [2.05, 4.69) is 34.9 Å². The molecule has 0 radical (unpaired) electrons. The molecule has 1 saturated carbocycles. The van der Waals surface area contributed by atoms with Crippen molar-refractivity contribution in [3.05, 3.63) is 72.4 Å². The van der Waals surface area contributed by atoms with E-state index in [9.17, 15) is 9.65 Å². The predicted molar refractivity (Wildman–Crippen MR) is 136 cm³/mol. The highest BCUT2D eigenvalue weighted by Gasteiger charge is 2.20. The average Bonchev–Trinajstić information content (AvgIpc) is 3.63. The number of hydrogen-bond acceptors (Lipinski definition) is 3. The standard InChI is InChI=1S/C29H26FN5/c1-2-35-18-23-13-21(9-10-26(23)33-35)29-28(20-7-8-22(15-31)25(30)14-20)24-11-12-34(27(24)16-32-29)17-19-5-3-4-6-19/h7-14,16,18-19H,2-6,17H2,1H3. The van der Waals surface area contributed by atoms with Gasteiger partial charge in [0, 0.05) is 47.4 Å². The molecule has 6 heteroatoms. The van der Waals surface area contributed by atoms with Gasteiger partial charge in [0.1, 0.15) is 11.9 Å². The molecule has 6 rings (SSSR count). The summed E-state index contributed by atoms with van der Waals surface area (Å²) >= 11 is 0. The molecule has 0 aliphatic heterocycles. The third-order valence-corrected chi connectivity index (χ3v) is 7.29. The Hall–Kier alpha value is -3.98. The molecule has 1 fully saturated rings. The Morgan fingerprint density at radius 2 is 1.91 bits per heavy atom. The van der Waals surface area contributed by atoms with Gasteiger partial charge in [0.05, 0.1) is 28.5 Å². The molecule has 5 nitrogen and oxygen atoms in total. The third kappa shape index (κ3) is 3.77. The molecule has 0 bridgehead atoms. The lowest BCUT2D eigenvalue weighted by Gasteiger charge is -2.15. The second-order valence-electron chi connectivity index (χ2n) is 9.46. The van der Waals surface area contributed by atoms with Crippen LogP contribution in [0.4, 0.5) is 4.39 Å². The van der Waals surface area contributed by atoms with Gasteiger partial charge in [0.15, 0.2) is 0 Å². The van der Waals surface area contributed by atoms with Crippen LogP contribution < -0.4 is 0 Å².